The molecule has 0 heterocycles. The minimum absolute atomic E-state index is 0.0624. The third kappa shape index (κ3) is 6.49. The van der Waals surface area contributed by atoms with Crippen molar-refractivity contribution >= 4 is 17.7 Å². The highest BCUT2D eigenvalue weighted by atomic mass is 16.5. The Hall–Kier alpha value is -4.15. The molecule has 2 amide bonds. The van der Waals surface area contributed by atoms with Gasteiger partial charge in [0, 0.05) is 29.9 Å². The van der Waals surface area contributed by atoms with E-state index in [1.165, 1.54) is 0 Å². The summed E-state index contributed by atoms with van der Waals surface area (Å²) in [4.78, 5) is 27.5. The quantitative estimate of drug-likeness (QED) is 0.480. The molecule has 1 aliphatic carbocycles. The summed E-state index contributed by atoms with van der Waals surface area (Å²) in [5, 5.41) is 11.8. The highest BCUT2D eigenvalue weighted by Gasteiger charge is 2.31. The van der Waals surface area contributed by atoms with Gasteiger partial charge in [0.05, 0.1) is 11.6 Å². The van der Waals surface area contributed by atoms with Crippen molar-refractivity contribution in [3.63, 3.8) is 0 Å². The van der Waals surface area contributed by atoms with Gasteiger partial charge < -0.3 is 15.4 Å². The number of carbonyl (C=O) groups is 2. The Morgan fingerprint density at radius 1 is 0.944 bits per heavy atom. The number of benzene rings is 3. The van der Waals surface area contributed by atoms with Crippen molar-refractivity contribution in [1.29, 1.82) is 5.26 Å². The molecular formula is C29H30N4O3. The lowest BCUT2D eigenvalue weighted by atomic mass is 9.89. The maximum Gasteiger partial charge on any atom is 0.411 e. The summed E-state index contributed by atoms with van der Waals surface area (Å²) >= 11 is 0. The van der Waals surface area contributed by atoms with Crippen LogP contribution < -0.4 is 11.1 Å². The highest BCUT2D eigenvalue weighted by molar-refractivity contribution is 5.94. The van der Waals surface area contributed by atoms with Crippen LogP contribution in [0.15, 0.2) is 78.9 Å². The monoisotopic (exact) mass is 482 g/mol. The van der Waals surface area contributed by atoms with E-state index in [1.54, 1.807) is 36.4 Å². The largest absolute Gasteiger partial charge is 0.444 e. The molecule has 3 N–H and O–H groups in total. The van der Waals surface area contributed by atoms with Crippen molar-refractivity contribution in [3.05, 3.63) is 101 Å². The maximum absolute atomic E-state index is 13.5. The summed E-state index contributed by atoms with van der Waals surface area (Å²) in [5.41, 5.74) is 9.94. The first kappa shape index (κ1) is 25.0. The number of nitrogens with zero attached hydrogens (tertiary/aromatic N) is 2. The number of carbonyl (C=O) groups excluding carboxylic acids is 2. The fourth-order valence-electron chi connectivity index (χ4n) is 4.49. The van der Waals surface area contributed by atoms with Gasteiger partial charge in [0.2, 0.25) is 0 Å². The second-order valence-corrected chi connectivity index (χ2v) is 9.02. The minimum atomic E-state index is -0.530. The first-order valence-electron chi connectivity index (χ1n) is 12.2. The zero-order chi connectivity index (χ0) is 25.3. The molecule has 7 nitrogen and oxygen atoms in total. The smallest absolute Gasteiger partial charge is 0.411 e. The number of hydrogen-bond donors (Lipinski definition) is 2. The molecule has 7 heteroatoms. The standard InChI is InChI=1S/C29H30N4O3/c30-18-21-10-14-24(15-11-21)28(34)33(27-9-5-4-8-26(27)31)19-22-12-16-25(17-13-22)32-29(35)36-20-23-6-2-1-3-7-23/h1-3,6-7,10-17,26-27H,4-5,8-9,19-20,31H2,(H,32,35). The lowest BCUT2D eigenvalue weighted by molar-refractivity contribution is 0.0583. The highest BCUT2D eigenvalue weighted by Crippen LogP contribution is 2.26. The Labute approximate surface area is 211 Å². The first-order valence-corrected chi connectivity index (χ1v) is 12.2. The van der Waals surface area contributed by atoms with E-state index < -0.39 is 6.09 Å². The van der Waals surface area contributed by atoms with Crippen molar-refractivity contribution in [2.45, 2.75) is 50.9 Å². The molecule has 1 saturated carbocycles. The van der Waals surface area contributed by atoms with Crippen LogP contribution in [-0.2, 0) is 17.9 Å². The SMILES string of the molecule is N#Cc1ccc(C(=O)N(Cc2ccc(NC(=O)OCc3ccccc3)cc2)C2CCCCC2N)cc1. The summed E-state index contributed by atoms with van der Waals surface area (Å²) in [6.07, 6.45) is 3.31. The zero-order valence-corrected chi connectivity index (χ0v) is 20.1. The van der Waals surface area contributed by atoms with Gasteiger partial charge in [-0.1, -0.05) is 55.3 Å². The van der Waals surface area contributed by atoms with E-state index in [-0.39, 0.29) is 24.6 Å². The van der Waals surface area contributed by atoms with Crippen LogP contribution in [0.25, 0.3) is 0 Å². The Morgan fingerprint density at radius 3 is 2.31 bits per heavy atom. The molecule has 4 rings (SSSR count). The molecule has 3 aromatic carbocycles. The Bertz CT molecular complexity index is 1200. The molecular weight excluding hydrogens is 452 g/mol. The summed E-state index contributed by atoms with van der Waals surface area (Å²) in [7, 11) is 0. The number of amides is 2. The predicted octanol–water partition coefficient (Wildman–Crippen LogP) is 5.22. The molecule has 2 unspecified atom stereocenters. The summed E-state index contributed by atoms with van der Waals surface area (Å²) in [6.45, 7) is 0.592. The average Bonchev–Trinajstić information content (AvgIpc) is 2.92. The Morgan fingerprint density at radius 2 is 1.64 bits per heavy atom. The third-order valence-corrected chi connectivity index (χ3v) is 6.47. The Kier molecular flexibility index (Phi) is 8.32. The number of nitrogens with two attached hydrogens (primary N) is 1. The minimum Gasteiger partial charge on any atom is -0.444 e. The van der Waals surface area contributed by atoms with E-state index in [9.17, 15) is 9.59 Å². The van der Waals surface area contributed by atoms with Gasteiger partial charge in [-0.25, -0.2) is 4.79 Å². The van der Waals surface area contributed by atoms with Crippen LogP contribution >= 0.6 is 0 Å². The Balaban J connectivity index is 1.43. The van der Waals surface area contributed by atoms with Gasteiger partial charge in [-0.05, 0) is 60.4 Å². The van der Waals surface area contributed by atoms with Crippen molar-refractivity contribution in [2.75, 3.05) is 5.32 Å². The van der Waals surface area contributed by atoms with E-state index in [1.807, 2.05) is 47.4 Å². The van der Waals surface area contributed by atoms with Crippen molar-refractivity contribution in [1.82, 2.24) is 4.90 Å². The predicted molar refractivity (Wildman–Crippen MR) is 138 cm³/mol. The van der Waals surface area contributed by atoms with Crippen molar-refractivity contribution in [3.8, 4) is 6.07 Å². The topological polar surface area (TPSA) is 108 Å². The molecule has 0 saturated heterocycles. The first-order chi connectivity index (χ1) is 17.5. The normalized spacial score (nSPS) is 17.0. The second kappa shape index (κ2) is 12.0. The van der Waals surface area contributed by atoms with Crippen molar-refractivity contribution in [2.24, 2.45) is 5.73 Å². The van der Waals surface area contributed by atoms with E-state index in [0.717, 1.165) is 36.8 Å². The number of ether oxygens (including phenoxy) is 1. The van der Waals surface area contributed by atoms with Crippen LogP contribution in [0, 0.1) is 11.3 Å². The van der Waals surface area contributed by atoms with Crippen LogP contribution in [-0.4, -0.2) is 29.0 Å². The van der Waals surface area contributed by atoms with Crippen LogP contribution in [0.4, 0.5) is 10.5 Å². The fraction of sp³-hybridized carbons (Fsp3) is 0.276. The molecule has 0 aromatic heterocycles. The molecule has 2 atom stereocenters. The third-order valence-electron chi connectivity index (χ3n) is 6.47. The van der Waals surface area contributed by atoms with Gasteiger partial charge in [0.15, 0.2) is 0 Å². The molecule has 184 valence electrons. The number of anilines is 1. The molecule has 0 radical (unpaired) electrons. The molecule has 0 aliphatic heterocycles. The lowest BCUT2D eigenvalue weighted by Gasteiger charge is -2.38. The molecule has 0 bridgehead atoms. The van der Waals surface area contributed by atoms with E-state index in [2.05, 4.69) is 11.4 Å². The summed E-state index contributed by atoms with van der Waals surface area (Å²) in [6, 6.07) is 25.5. The van der Waals surface area contributed by atoms with Gasteiger partial charge in [0.1, 0.15) is 6.61 Å². The van der Waals surface area contributed by atoms with Gasteiger partial charge in [-0.15, -0.1) is 0 Å². The van der Waals surface area contributed by atoms with Crippen molar-refractivity contribution < 1.29 is 14.3 Å². The van der Waals surface area contributed by atoms with Gasteiger partial charge in [0.25, 0.3) is 5.91 Å². The summed E-state index contributed by atoms with van der Waals surface area (Å²) in [5.74, 6) is -0.103. The molecule has 3 aromatic rings. The van der Waals surface area contributed by atoms with Crippen LogP contribution in [0.1, 0.15) is 52.7 Å². The summed E-state index contributed by atoms with van der Waals surface area (Å²) < 4.78 is 5.28. The lowest BCUT2D eigenvalue weighted by Crippen LogP contribution is -2.51. The fourth-order valence-corrected chi connectivity index (χ4v) is 4.49. The van der Waals surface area contributed by atoms with E-state index in [4.69, 9.17) is 15.7 Å². The number of nitrogens with one attached hydrogen (secondary N) is 1. The maximum atomic E-state index is 13.5. The number of nitriles is 1. The molecule has 1 aliphatic rings. The average molecular weight is 483 g/mol. The van der Waals surface area contributed by atoms with Crippen LogP contribution in [0.3, 0.4) is 0 Å². The van der Waals surface area contributed by atoms with E-state index >= 15 is 0 Å². The number of rotatable bonds is 7. The molecule has 36 heavy (non-hydrogen) atoms. The van der Waals surface area contributed by atoms with Crippen LogP contribution in [0.5, 0.6) is 0 Å². The zero-order valence-electron chi connectivity index (χ0n) is 20.1. The number of hydrogen-bond acceptors (Lipinski definition) is 5. The second-order valence-electron chi connectivity index (χ2n) is 9.02. The molecule has 0 spiro atoms. The van der Waals surface area contributed by atoms with Gasteiger partial charge >= 0.3 is 6.09 Å². The van der Waals surface area contributed by atoms with Gasteiger partial charge in [-0.3, -0.25) is 10.1 Å². The van der Waals surface area contributed by atoms with E-state index in [0.29, 0.717) is 23.4 Å². The van der Waals surface area contributed by atoms with Gasteiger partial charge in [-0.2, -0.15) is 5.26 Å². The molecule has 1 fully saturated rings. The van der Waals surface area contributed by atoms with Crippen LogP contribution in [0.2, 0.25) is 0 Å².